The molecule has 3 nitrogen and oxygen atoms in total. The van der Waals surface area contributed by atoms with Crippen molar-refractivity contribution < 1.29 is 9.90 Å². The summed E-state index contributed by atoms with van der Waals surface area (Å²) >= 11 is 0. The van der Waals surface area contributed by atoms with Crippen LogP contribution < -0.4 is 5.32 Å². The standard InChI is InChI=1S/C15H13NO2/c1-11(12-5-3-2-4-6-12)16-14-9-7-13(8-10-14)15(17)18/h2-10,16H,1H2,(H,17,18). The van der Waals surface area contributed by atoms with Crippen LogP contribution >= 0.6 is 0 Å². The Balaban J connectivity index is 2.10. The number of hydrogen-bond donors (Lipinski definition) is 2. The van der Waals surface area contributed by atoms with Gasteiger partial charge in [0.1, 0.15) is 0 Å². The second-order valence-electron chi connectivity index (χ2n) is 3.85. The van der Waals surface area contributed by atoms with E-state index in [1.165, 1.54) is 0 Å². The first kappa shape index (κ1) is 11.9. The number of aromatic carboxylic acids is 1. The summed E-state index contributed by atoms with van der Waals surface area (Å²) in [7, 11) is 0. The predicted molar refractivity (Wildman–Crippen MR) is 72.5 cm³/mol. The van der Waals surface area contributed by atoms with Crippen molar-refractivity contribution in [2.75, 3.05) is 5.32 Å². The Kier molecular flexibility index (Phi) is 3.44. The highest BCUT2D eigenvalue weighted by molar-refractivity contribution is 5.88. The summed E-state index contributed by atoms with van der Waals surface area (Å²) in [5, 5.41) is 11.9. The van der Waals surface area contributed by atoms with Crippen LogP contribution in [0.2, 0.25) is 0 Å². The molecule has 2 N–H and O–H groups in total. The van der Waals surface area contributed by atoms with Gasteiger partial charge in [-0.2, -0.15) is 0 Å². The molecule has 0 atom stereocenters. The summed E-state index contributed by atoms with van der Waals surface area (Å²) < 4.78 is 0. The van der Waals surface area contributed by atoms with Gasteiger partial charge in [0.2, 0.25) is 0 Å². The molecule has 90 valence electrons. The second kappa shape index (κ2) is 5.19. The van der Waals surface area contributed by atoms with Crippen molar-refractivity contribution >= 4 is 17.4 Å². The number of rotatable bonds is 4. The van der Waals surface area contributed by atoms with Crippen LogP contribution in [0, 0.1) is 0 Å². The van der Waals surface area contributed by atoms with Crippen molar-refractivity contribution in [2.45, 2.75) is 0 Å². The first-order valence-corrected chi connectivity index (χ1v) is 5.51. The lowest BCUT2D eigenvalue weighted by molar-refractivity contribution is 0.0697. The summed E-state index contributed by atoms with van der Waals surface area (Å²) in [6.45, 7) is 3.95. The van der Waals surface area contributed by atoms with Crippen molar-refractivity contribution in [3.63, 3.8) is 0 Å². The van der Waals surface area contributed by atoms with Gasteiger partial charge in [-0.3, -0.25) is 0 Å². The Morgan fingerprint density at radius 1 is 0.944 bits per heavy atom. The largest absolute Gasteiger partial charge is 0.478 e. The lowest BCUT2D eigenvalue weighted by atomic mass is 10.1. The third kappa shape index (κ3) is 2.77. The monoisotopic (exact) mass is 239 g/mol. The zero-order chi connectivity index (χ0) is 13.0. The Bertz CT molecular complexity index is 559. The van der Waals surface area contributed by atoms with E-state index < -0.39 is 5.97 Å². The molecule has 2 aromatic carbocycles. The van der Waals surface area contributed by atoms with E-state index in [1.54, 1.807) is 24.3 Å². The van der Waals surface area contributed by atoms with E-state index in [0.717, 1.165) is 16.9 Å². The number of anilines is 1. The summed E-state index contributed by atoms with van der Waals surface area (Å²) in [5.41, 5.74) is 2.86. The van der Waals surface area contributed by atoms with Crippen LogP contribution in [0.5, 0.6) is 0 Å². The van der Waals surface area contributed by atoms with Crippen molar-refractivity contribution in [2.24, 2.45) is 0 Å². The quantitative estimate of drug-likeness (QED) is 0.858. The summed E-state index contributed by atoms with van der Waals surface area (Å²) in [6, 6.07) is 16.3. The number of carbonyl (C=O) groups is 1. The summed E-state index contributed by atoms with van der Waals surface area (Å²) in [4.78, 5) is 10.7. The average molecular weight is 239 g/mol. The zero-order valence-corrected chi connectivity index (χ0v) is 9.76. The molecule has 0 bridgehead atoms. The number of benzene rings is 2. The fourth-order valence-electron chi connectivity index (χ4n) is 1.58. The van der Waals surface area contributed by atoms with Crippen LogP contribution in [-0.2, 0) is 0 Å². The average Bonchev–Trinajstić information content (AvgIpc) is 2.40. The highest BCUT2D eigenvalue weighted by Crippen LogP contribution is 2.17. The molecule has 0 saturated heterocycles. The van der Waals surface area contributed by atoms with Gasteiger partial charge in [0.05, 0.1) is 5.56 Å². The molecule has 0 saturated carbocycles. The third-order valence-electron chi connectivity index (χ3n) is 2.55. The van der Waals surface area contributed by atoms with Crippen molar-refractivity contribution in [3.05, 3.63) is 72.3 Å². The highest BCUT2D eigenvalue weighted by Gasteiger charge is 2.02. The van der Waals surface area contributed by atoms with E-state index in [2.05, 4.69) is 11.9 Å². The van der Waals surface area contributed by atoms with Gasteiger partial charge >= 0.3 is 5.97 Å². The molecule has 2 rings (SSSR count). The van der Waals surface area contributed by atoms with E-state index in [4.69, 9.17) is 5.11 Å². The van der Waals surface area contributed by atoms with Crippen LogP contribution in [-0.4, -0.2) is 11.1 Å². The lowest BCUT2D eigenvalue weighted by Gasteiger charge is -2.09. The maximum Gasteiger partial charge on any atom is 0.335 e. The molecular formula is C15H13NO2. The topological polar surface area (TPSA) is 49.3 Å². The van der Waals surface area contributed by atoms with E-state index in [-0.39, 0.29) is 5.56 Å². The lowest BCUT2D eigenvalue weighted by Crippen LogP contribution is -1.99. The van der Waals surface area contributed by atoms with Gasteiger partial charge in [-0.15, -0.1) is 0 Å². The maximum atomic E-state index is 10.7. The predicted octanol–water partition coefficient (Wildman–Crippen LogP) is 3.47. The Hall–Kier alpha value is -2.55. The normalized spacial score (nSPS) is 9.78. The Morgan fingerprint density at radius 2 is 1.56 bits per heavy atom. The van der Waals surface area contributed by atoms with E-state index in [1.807, 2.05) is 30.3 Å². The number of carboxylic acid groups (broad SMARTS) is 1. The van der Waals surface area contributed by atoms with E-state index in [9.17, 15) is 4.79 Å². The van der Waals surface area contributed by atoms with Crippen LogP contribution in [0.4, 0.5) is 5.69 Å². The SMILES string of the molecule is C=C(Nc1ccc(C(=O)O)cc1)c1ccccc1. The van der Waals surface area contributed by atoms with Crippen molar-refractivity contribution in [3.8, 4) is 0 Å². The minimum absolute atomic E-state index is 0.269. The molecule has 3 heteroatoms. The number of nitrogens with one attached hydrogen (secondary N) is 1. The second-order valence-corrected chi connectivity index (χ2v) is 3.85. The molecular weight excluding hydrogens is 226 g/mol. The molecule has 0 fully saturated rings. The van der Waals surface area contributed by atoms with Gasteiger partial charge in [-0.05, 0) is 29.8 Å². The van der Waals surface area contributed by atoms with E-state index >= 15 is 0 Å². The number of hydrogen-bond acceptors (Lipinski definition) is 2. The molecule has 0 aliphatic carbocycles. The van der Waals surface area contributed by atoms with Crippen LogP contribution in [0.1, 0.15) is 15.9 Å². The van der Waals surface area contributed by atoms with Gasteiger partial charge in [0, 0.05) is 11.4 Å². The van der Waals surface area contributed by atoms with Crippen molar-refractivity contribution in [1.29, 1.82) is 0 Å². The summed E-state index contributed by atoms with van der Waals surface area (Å²) in [5.74, 6) is -0.927. The zero-order valence-electron chi connectivity index (χ0n) is 9.76. The van der Waals surface area contributed by atoms with Crippen LogP contribution in [0.25, 0.3) is 5.70 Å². The Labute approximate surface area is 105 Å². The van der Waals surface area contributed by atoms with Gasteiger partial charge in [0.25, 0.3) is 0 Å². The molecule has 0 amide bonds. The number of carboxylic acids is 1. The summed E-state index contributed by atoms with van der Waals surface area (Å²) in [6.07, 6.45) is 0. The minimum Gasteiger partial charge on any atom is -0.478 e. The third-order valence-corrected chi connectivity index (χ3v) is 2.55. The molecule has 2 aromatic rings. The molecule has 0 aliphatic rings. The molecule has 0 aliphatic heterocycles. The van der Waals surface area contributed by atoms with Gasteiger partial charge in [-0.1, -0.05) is 36.9 Å². The fourth-order valence-corrected chi connectivity index (χ4v) is 1.58. The van der Waals surface area contributed by atoms with Crippen LogP contribution in [0.15, 0.2) is 61.2 Å². The Morgan fingerprint density at radius 3 is 2.11 bits per heavy atom. The van der Waals surface area contributed by atoms with Gasteiger partial charge in [-0.25, -0.2) is 4.79 Å². The molecule has 0 radical (unpaired) electrons. The first-order chi connectivity index (χ1) is 8.66. The molecule has 0 aromatic heterocycles. The fraction of sp³-hybridized carbons (Fsp3) is 0. The van der Waals surface area contributed by atoms with Crippen molar-refractivity contribution in [1.82, 2.24) is 0 Å². The molecule has 18 heavy (non-hydrogen) atoms. The maximum absolute atomic E-state index is 10.7. The highest BCUT2D eigenvalue weighted by atomic mass is 16.4. The van der Waals surface area contributed by atoms with Crippen LogP contribution in [0.3, 0.4) is 0 Å². The van der Waals surface area contributed by atoms with Gasteiger partial charge < -0.3 is 10.4 Å². The first-order valence-electron chi connectivity index (χ1n) is 5.51. The van der Waals surface area contributed by atoms with Gasteiger partial charge in [0.15, 0.2) is 0 Å². The minimum atomic E-state index is -0.927. The van der Waals surface area contributed by atoms with E-state index in [0.29, 0.717) is 0 Å². The molecule has 0 spiro atoms. The smallest absolute Gasteiger partial charge is 0.335 e. The molecule has 0 heterocycles. The molecule has 0 unspecified atom stereocenters.